The first-order valence-electron chi connectivity index (χ1n) is 5.45. The van der Waals surface area contributed by atoms with Crippen LogP contribution in [0.5, 0.6) is 0 Å². The molecule has 108 valence electrons. The highest BCUT2D eigenvalue weighted by atomic mass is 35.5. The van der Waals surface area contributed by atoms with Crippen LogP contribution in [-0.2, 0) is 19.7 Å². The van der Waals surface area contributed by atoms with Crippen LogP contribution in [0.1, 0.15) is 10.1 Å². The van der Waals surface area contributed by atoms with Crippen molar-refractivity contribution in [2.75, 3.05) is 23.3 Å². The summed E-state index contributed by atoms with van der Waals surface area (Å²) in [5, 5.41) is 0. The van der Waals surface area contributed by atoms with Crippen molar-refractivity contribution in [1.29, 1.82) is 0 Å². The van der Waals surface area contributed by atoms with Gasteiger partial charge in [-0.25, -0.2) is 16.8 Å². The fourth-order valence-electron chi connectivity index (χ4n) is 1.68. The van der Waals surface area contributed by atoms with E-state index in [1.54, 1.807) is 18.2 Å². The predicted molar refractivity (Wildman–Crippen MR) is 78.2 cm³/mol. The highest BCUT2D eigenvalue weighted by molar-refractivity contribution is 8.08. The van der Waals surface area contributed by atoms with Crippen LogP contribution in [0.25, 0.3) is 0 Å². The fourth-order valence-corrected chi connectivity index (χ4v) is 7.33. The van der Waals surface area contributed by atoms with Crippen LogP contribution in [0, 0.1) is 0 Å². The molecule has 0 radical (unpaired) electrons. The van der Waals surface area contributed by atoms with Crippen molar-refractivity contribution in [1.82, 2.24) is 0 Å². The molecule has 0 fully saturated rings. The Bertz CT molecular complexity index is 561. The molecule has 0 saturated carbocycles. The summed E-state index contributed by atoms with van der Waals surface area (Å²) in [6.07, 6.45) is 0. The van der Waals surface area contributed by atoms with Crippen molar-refractivity contribution in [2.24, 2.45) is 0 Å². The van der Waals surface area contributed by atoms with Gasteiger partial charge in [0, 0.05) is 11.8 Å². The molecule has 0 saturated heterocycles. The molecule has 8 heteroatoms. The van der Waals surface area contributed by atoms with Gasteiger partial charge in [0.15, 0.2) is 24.3 Å². The van der Waals surface area contributed by atoms with E-state index in [1.165, 1.54) is 12.1 Å². The minimum atomic E-state index is -3.88. The molecule has 1 aromatic carbocycles. The number of rotatable bonds is 7. The molecule has 0 amide bonds. The van der Waals surface area contributed by atoms with Gasteiger partial charge in [-0.15, -0.1) is 23.2 Å². The van der Waals surface area contributed by atoms with E-state index >= 15 is 0 Å². The Hall–Kier alpha value is -0.300. The van der Waals surface area contributed by atoms with E-state index in [1.807, 2.05) is 0 Å². The van der Waals surface area contributed by atoms with Crippen LogP contribution in [0.3, 0.4) is 0 Å². The Morgan fingerprint density at radius 2 is 1.26 bits per heavy atom. The van der Waals surface area contributed by atoms with Gasteiger partial charge in [-0.05, 0) is 5.56 Å². The lowest BCUT2D eigenvalue weighted by atomic mass is 10.2. The first-order valence-corrected chi connectivity index (χ1v) is 9.95. The Morgan fingerprint density at radius 3 is 1.63 bits per heavy atom. The van der Waals surface area contributed by atoms with Crippen molar-refractivity contribution in [2.45, 2.75) is 4.58 Å². The molecule has 0 atom stereocenters. The van der Waals surface area contributed by atoms with Crippen LogP contribution in [-0.4, -0.2) is 40.1 Å². The van der Waals surface area contributed by atoms with Gasteiger partial charge >= 0.3 is 0 Å². The number of alkyl halides is 2. The molecule has 19 heavy (non-hydrogen) atoms. The van der Waals surface area contributed by atoms with E-state index in [4.69, 9.17) is 23.2 Å². The van der Waals surface area contributed by atoms with Gasteiger partial charge in [0.25, 0.3) is 0 Å². The maximum absolute atomic E-state index is 12.1. The lowest BCUT2D eigenvalue weighted by Gasteiger charge is -2.17. The van der Waals surface area contributed by atoms with Crippen molar-refractivity contribution < 1.29 is 16.8 Å². The van der Waals surface area contributed by atoms with Gasteiger partial charge in [-0.2, -0.15) is 0 Å². The smallest absolute Gasteiger partial charge is 0.187 e. The third-order valence-corrected chi connectivity index (χ3v) is 8.43. The Morgan fingerprint density at radius 1 is 0.842 bits per heavy atom. The molecule has 0 N–H and O–H groups in total. The molecule has 0 aliphatic rings. The quantitative estimate of drug-likeness (QED) is 0.709. The van der Waals surface area contributed by atoms with E-state index in [2.05, 4.69) is 0 Å². The van der Waals surface area contributed by atoms with E-state index in [0.717, 1.165) is 0 Å². The molecular formula is C11H14Cl2O4S2. The minimum absolute atomic E-state index is 0.151. The summed E-state index contributed by atoms with van der Waals surface area (Å²) < 4.78 is 47.0. The van der Waals surface area contributed by atoms with E-state index in [0.29, 0.717) is 0 Å². The highest BCUT2D eigenvalue weighted by Crippen LogP contribution is 2.30. The summed E-state index contributed by atoms with van der Waals surface area (Å²) in [7, 11) is -7.77. The van der Waals surface area contributed by atoms with Crippen LogP contribution in [0.15, 0.2) is 30.3 Å². The van der Waals surface area contributed by atoms with Crippen LogP contribution in [0.2, 0.25) is 0 Å². The predicted octanol–water partition coefficient (Wildman–Crippen LogP) is 1.99. The summed E-state index contributed by atoms with van der Waals surface area (Å²) in [4.78, 5) is 0. The van der Waals surface area contributed by atoms with Crippen molar-refractivity contribution in [3.8, 4) is 0 Å². The molecule has 1 rings (SSSR count). The maximum atomic E-state index is 12.1. The van der Waals surface area contributed by atoms with E-state index in [-0.39, 0.29) is 17.3 Å². The van der Waals surface area contributed by atoms with Crippen LogP contribution >= 0.6 is 23.2 Å². The summed E-state index contributed by atoms with van der Waals surface area (Å²) in [6, 6.07) is 7.82. The molecule has 0 heterocycles. The zero-order valence-electron chi connectivity index (χ0n) is 10.00. The summed E-state index contributed by atoms with van der Waals surface area (Å²) >= 11 is 10.9. The van der Waals surface area contributed by atoms with Crippen LogP contribution < -0.4 is 0 Å². The largest absolute Gasteiger partial charge is 0.227 e. The van der Waals surface area contributed by atoms with Gasteiger partial charge in [-0.1, -0.05) is 30.3 Å². The third-order valence-electron chi connectivity index (χ3n) is 2.45. The average molecular weight is 345 g/mol. The third kappa shape index (κ3) is 4.34. The first kappa shape index (κ1) is 16.8. The normalized spacial score (nSPS) is 12.8. The highest BCUT2D eigenvalue weighted by Gasteiger charge is 2.37. The van der Waals surface area contributed by atoms with E-state index < -0.39 is 35.8 Å². The second kappa shape index (κ2) is 6.92. The summed E-state index contributed by atoms with van der Waals surface area (Å²) in [5.74, 6) is -1.09. The van der Waals surface area contributed by atoms with E-state index in [9.17, 15) is 16.8 Å². The lowest BCUT2D eigenvalue weighted by Crippen LogP contribution is -2.28. The number of hydrogen-bond donors (Lipinski definition) is 0. The first-order chi connectivity index (χ1) is 8.85. The van der Waals surface area contributed by atoms with Gasteiger partial charge in [0.2, 0.25) is 0 Å². The summed E-state index contributed by atoms with van der Waals surface area (Å²) in [6.45, 7) is 0. The Balaban J connectivity index is 3.36. The molecule has 0 aliphatic carbocycles. The fraction of sp³-hybridized carbons (Fsp3) is 0.455. The molecule has 0 aromatic heterocycles. The standard InChI is InChI=1S/C11H14Cl2O4S2/c12-6-8-18(14,15)11(19(16,17)9-7-13)10-4-2-1-3-5-10/h1-5,11H,6-9H2. The number of sulfone groups is 2. The molecule has 4 nitrogen and oxygen atoms in total. The molecular weight excluding hydrogens is 331 g/mol. The van der Waals surface area contributed by atoms with Crippen LogP contribution in [0.4, 0.5) is 0 Å². The van der Waals surface area contributed by atoms with Crippen molar-refractivity contribution >= 4 is 42.9 Å². The van der Waals surface area contributed by atoms with Gasteiger partial charge in [0.1, 0.15) is 0 Å². The number of halogens is 2. The molecule has 0 unspecified atom stereocenters. The Kier molecular flexibility index (Phi) is 6.11. The van der Waals surface area contributed by atoms with Gasteiger partial charge in [0.05, 0.1) is 11.5 Å². The monoisotopic (exact) mass is 344 g/mol. The second-order valence-electron chi connectivity index (χ2n) is 3.85. The lowest BCUT2D eigenvalue weighted by molar-refractivity contribution is 0.578. The van der Waals surface area contributed by atoms with Gasteiger partial charge in [-0.3, -0.25) is 0 Å². The maximum Gasteiger partial charge on any atom is 0.187 e. The topological polar surface area (TPSA) is 68.3 Å². The molecule has 0 bridgehead atoms. The zero-order chi connectivity index (χ0) is 14.5. The van der Waals surface area contributed by atoms with Crippen molar-refractivity contribution in [3.05, 3.63) is 35.9 Å². The summed E-state index contributed by atoms with van der Waals surface area (Å²) in [5.41, 5.74) is 0.220. The second-order valence-corrected chi connectivity index (χ2v) is 9.32. The number of benzene rings is 1. The Labute approximate surface area is 123 Å². The molecule has 1 aromatic rings. The minimum Gasteiger partial charge on any atom is -0.227 e. The van der Waals surface area contributed by atoms with Crippen molar-refractivity contribution in [3.63, 3.8) is 0 Å². The SMILES string of the molecule is O=S(=O)(CCCl)C(c1ccccc1)S(=O)(=O)CCCl. The molecule has 0 spiro atoms. The molecule has 0 aliphatic heterocycles. The van der Waals surface area contributed by atoms with Gasteiger partial charge < -0.3 is 0 Å². The number of hydrogen-bond acceptors (Lipinski definition) is 4. The average Bonchev–Trinajstić information content (AvgIpc) is 2.29. The zero-order valence-corrected chi connectivity index (χ0v) is 13.1.